The van der Waals surface area contributed by atoms with Gasteiger partial charge in [-0.05, 0) is 31.6 Å². The van der Waals surface area contributed by atoms with E-state index in [2.05, 4.69) is 34.4 Å². The standard InChI is InChI=1S/C16H26N4O/c1-3-9-18-15-11-17-10-14(20-15)16(21)19-13-6-4-5-12(2)7-8-13/h10-13H,3-9H2,1-2H3,(H,18,20)(H,19,21). The summed E-state index contributed by atoms with van der Waals surface area (Å²) in [6.07, 6.45) is 9.97. The molecular weight excluding hydrogens is 264 g/mol. The van der Waals surface area contributed by atoms with Crippen molar-refractivity contribution in [2.75, 3.05) is 11.9 Å². The van der Waals surface area contributed by atoms with E-state index in [1.54, 1.807) is 6.20 Å². The Morgan fingerprint density at radius 2 is 2.14 bits per heavy atom. The summed E-state index contributed by atoms with van der Waals surface area (Å²) in [7, 11) is 0. The highest BCUT2D eigenvalue weighted by Crippen LogP contribution is 2.22. The highest BCUT2D eigenvalue weighted by atomic mass is 16.1. The van der Waals surface area contributed by atoms with E-state index in [4.69, 9.17) is 0 Å². The highest BCUT2D eigenvalue weighted by Gasteiger charge is 2.19. The molecule has 5 nitrogen and oxygen atoms in total. The van der Waals surface area contributed by atoms with Gasteiger partial charge in [0.25, 0.3) is 5.91 Å². The lowest BCUT2D eigenvalue weighted by molar-refractivity contribution is 0.0927. The molecule has 1 aromatic rings. The molecule has 2 atom stereocenters. The summed E-state index contributed by atoms with van der Waals surface area (Å²) in [4.78, 5) is 20.7. The van der Waals surface area contributed by atoms with Crippen molar-refractivity contribution in [1.82, 2.24) is 15.3 Å². The van der Waals surface area contributed by atoms with Gasteiger partial charge in [0, 0.05) is 12.6 Å². The number of hydrogen-bond donors (Lipinski definition) is 2. The Balaban J connectivity index is 1.93. The van der Waals surface area contributed by atoms with Crippen LogP contribution in [0.25, 0.3) is 0 Å². The Labute approximate surface area is 127 Å². The molecule has 1 aliphatic rings. The molecule has 1 heterocycles. The van der Waals surface area contributed by atoms with Gasteiger partial charge in [0.05, 0.1) is 12.4 Å². The van der Waals surface area contributed by atoms with Gasteiger partial charge in [-0.2, -0.15) is 0 Å². The van der Waals surface area contributed by atoms with Crippen LogP contribution in [-0.4, -0.2) is 28.5 Å². The predicted octanol–water partition coefficient (Wildman–Crippen LogP) is 3.00. The molecule has 1 aromatic heterocycles. The molecule has 1 fully saturated rings. The molecule has 21 heavy (non-hydrogen) atoms. The zero-order valence-electron chi connectivity index (χ0n) is 13.1. The van der Waals surface area contributed by atoms with Crippen LogP contribution in [0.4, 0.5) is 5.82 Å². The molecule has 1 saturated carbocycles. The quantitative estimate of drug-likeness (QED) is 0.818. The molecule has 0 aliphatic heterocycles. The van der Waals surface area contributed by atoms with Gasteiger partial charge >= 0.3 is 0 Å². The summed E-state index contributed by atoms with van der Waals surface area (Å²) >= 11 is 0. The molecule has 1 amide bonds. The number of rotatable bonds is 5. The first-order valence-corrected chi connectivity index (χ1v) is 8.05. The Morgan fingerprint density at radius 3 is 2.95 bits per heavy atom. The van der Waals surface area contributed by atoms with Crippen LogP contribution >= 0.6 is 0 Å². The second-order valence-electron chi connectivity index (χ2n) is 6.00. The van der Waals surface area contributed by atoms with Crippen LogP contribution < -0.4 is 10.6 Å². The first kappa shape index (κ1) is 15.7. The molecule has 0 aromatic carbocycles. The van der Waals surface area contributed by atoms with Crippen molar-refractivity contribution in [2.24, 2.45) is 5.92 Å². The molecule has 0 radical (unpaired) electrons. The van der Waals surface area contributed by atoms with E-state index in [1.165, 1.54) is 25.5 Å². The summed E-state index contributed by atoms with van der Waals surface area (Å²) in [5, 5.41) is 6.27. The zero-order chi connectivity index (χ0) is 15.1. The molecule has 116 valence electrons. The van der Waals surface area contributed by atoms with Crippen molar-refractivity contribution < 1.29 is 4.79 Å². The van der Waals surface area contributed by atoms with Crippen LogP contribution in [0.15, 0.2) is 12.4 Å². The fraction of sp³-hybridized carbons (Fsp3) is 0.688. The van der Waals surface area contributed by atoms with E-state index in [0.717, 1.165) is 31.7 Å². The van der Waals surface area contributed by atoms with E-state index in [-0.39, 0.29) is 11.9 Å². The SMILES string of the molecule is CCCNc1cncc(C(=O)NC2CCCC(C)CC2)n1. The van der Waals surface area contributed by atoms with Crippen LogP contribution in [0.2, 0.25) is 0 Å². The minimum atomic E-state index is -0.109. The summed E-state index contributed by atoms with van der Waals surface area (Å²) in [5.41, 5.74) is 0.397. The van der Waals surface area contributed by atoms with Gasteiger partial charge in [-0.15, -0.1) is 0 Å². The van der Waals surface area contributed by atoms with E-state index in [0.29, 0.717) is 11.5 Å². The third kappa shape index (κ3) is 4.99. The van der Waals surface area contributed by atoms with E-state index >= 15 is 0 Å². The lowest BCUT2D eigenvalue weighted by atomic mass is 10.0. The molecule has 0 spiro atoms. The van der Waals surface area contributed by atoms with Gasteiger partial charge in [-0.1, -0.05) is 26.7 Å². The fourth-order valence-corrected chi connectivity index (χ4v) is 2.70. The van der Waals surface area contributed by atoms with E-state index < -0.39 is 0 Å². The van der Waals surface area contributed by atoms with E-state index in [1.807, 2.05) is 0 Å². The summed E-state index contributed by atoms with van der Waals surface area (Å²) in [6, 6.07) is 0.275. The smallest absolute Gasteiger partial charge is 0.271 e. The van der Waals surface area contributed by atoms with E-state index in [9.17, 15) is 4.79 Å². The first-order chi connectivity index (χ1) is 10.2. The third-order valence-electron chi connectivity index (χ3n) is 4.02. The maximum absolute atomic E-state index is 12.3. The number of hydrogen-bond acceptors (Lipinski definition) is 4. The van der Waals surface area contributed by atoms with Gasteiger partial charge in [-0.25, -0.2) is 4.98 Å². The molecule has 5 heteroatoms. The van der Waals surface area contributed by atoms with Crippen LogP contribution in [0.1, 0.15) is 62.9 Å². The fourth-order valence-electron chi connectivity index (χ4n) is 2.70. The number of nitrogens with one attached hydrogen (secondary N) is 2. The number of carbonyl (C=O) groups is 1. The van der Waals surface area contributed by atoms with Crippen LogP contribution in [0.3, 0.4) is 0 Å². The summed E-state index contributed by atoms with van der Waals surface area (Å²) < 4.78 is 0. The molecule has 2 rings (SSSR count). The van der Waals surface area contributed by atoms with Crippen molar-refractivity contribution in [1.29, 1.82) is 0 Å². The third-order valence-corrected chi connectivity index (χ3v) is 4.02. The Bertz CT molecular complexity index is 463. The van der Waals surface area contributed by atoms with Gasteiger partial charge in [0.15, 0.2) is 0 Å². The maximum Gasteiger partial charge on any atom is 0.271 e. The van der Waals surface area contributed by atoms with Crippen LogP contribution in [-0.2, 0) is 0 Å². The topological polar surface area (TPSA) is 66.9 Å². The van der Waals surface area contributed by atoms with Gasteiger partial charge in [0.1, 0.15) is 11.5 Å². The minimum absolute atomic E-state index is 0.109. The molecular formula is C16H26N4O. The number of carbonyl (C=O) groups excluding carboxylic acids is 1. The second-order valence-corrected chi connectivity index (χ2v) is 6.00. The van der Waals surface area contributed by atoms with Gasteiger partial charge in [0.2, 0.25) is 0 Å². The number of anilines is 1. The predicted molar refractivity (Wildman–Crippen MR) is 84.3 cm³/mol. The monoisotopic (exact) mass is 290 g/mol. The first-order valence-electron chi connectivity index (χ1n) is 8.05. The van der Waals surface area contributed by atoms with Crippen LogP contribution in [0.5, 0.6) is 0 Å². The molecule has 2 N–H and O–H groups in total. The van der Waals surface area contributed by atoms with Crippen LogP contribution in [0, 0.1) is 5.92 Å². The maximum atomic E-state index is 12.3. The van der Waals surface area contributed by atoms with Gasteiger partial charge in [-0.3, -0.25) is 9.78 Å². The van der Waals surface area contributed by atoms with Crippen molar-refractivity contribution in [3.05, 3.63) is 18.1 Å². The lowest BCUT2D eigenvalue weighted by Gasteiger charge is -2.16. The Hall–Kier alpha value is -1.65. The van der Waals surface area contributed by atoms with Crippen molar-refractivity contribution >= 4 is 11.7 Å². The van der Waals surface area contributed by atoms with Gasteiger partial charge < -0.3 is 10.6 Å². The molecule has 2 unspecified atom stereocenters. The average molecular weight is 290 g/mol. The Kier molecular flexibility index (Phi) is 5.96. The average Bonchev–Trinajstić information content (AvgIpc) is 2.70. The van der Waals surface area contributed by atoms with Crippen molar-refractivity contribution in [3.63, 3.8) is 0 Å². The largest absolute Gasteiger partial charge is 0.369 e. The van der Waals surface area contributed by atoms with Crippen molar-refractivity contribution in [2.45, 2.75) is 58.4 Å². The van der Waals surface area contributed by atoms with Crippen molar-refractivity contribution in [3.8, 4) is 0 Å². The zero-order valence-corrected chi connectivity index (χ0v) is 13.1. The number of amides is 1. The normalized spacial score (nSPS) is 22.4. The minimum Gasteiger partial charge on any atom is -0.369 e. The molecule has 0 bridgehead atoms. The second kappa shape index (κ2) is 7.96. The number of nitrogens with zero attached hydrogens (tertiary/aromatic N) is 2. The Morgan fingerprint density at radius 1 is 1.29 bits per heavy atom. The highest BCUT2D eigenvalue weighted by molar-refractivity contribution is 5.92. The molecule has 1 aliphatic carbocycles. The summed E-state index contributed by atoms with van der Waals surface area (Å²) in [5.74, 6) is 1.33. The number of aromatic nitrogens is 2. The lowest BCUT2D eigenvalue weighted by Crippen LogP contribution is -2.35. The summed E-state index contributed by atoms with van der Waals surface area (Å²) in [6.45, 7) is 5.21. The molecule has 0 saturated heterocycles.